The molecular weight excluding hydrogens is 246 g/mol. The van der Waals surface area contributed by atoms with E-state index in [0.29, 0.717) is 11.8 Å². The van der Waals surface area contributed by atoms with E-state index in [0.717, 1.165) is 17.7 Å². The van der Waals surface area contributed by atoms with Gasteiger partial charge in [0, 0.05) is 5.56 Å². The van der Waals surface area contributed by atoms with Crippen LogP contribution in [-0.2, 0) is 6.42 Å². The average Bonchev–Trinajstić information content (AvgIpc) is 2.78. The third-order valence-corrected chi connectivity index (χ3v) is 2.93. The van der Waals surface area contributed by atoms with Gasteiger partial charge in [-0.1, -0.05) is 38.1 Å². The van der Waals surface area contributed by atoms with Crippen molar-refractivity contribution in [1.29, 1.82) is 0 Å². The van der Waals surface area contributed by atoms with E-state index in [4.69, 9.17) is 16.0 Å². The molecule has 18 heavy (non-hydrogen) atoms. The summed E-state index contributed by atoms with van der Waals surface area (Å²) in [5.41, 5.74) is 2.39. The molecule has 3 heteroatoms. The quantitative estimate of drug-likeness (QED) is 0.738. The van der Waals surface area contributed by atoms with E-state index in [1.165, 1.54) is 5.56 Å². The molecule has 0 spiro atoms. The molecule has 1 aromatic carbocycles. The van der Waals surface area contributed by atoms with Crippen LogP contribution in [0.15, 0.2) is 34.9 Å². The Kier molecular flexibility index (Phi) is 4.07. The fourth-order valence-electron chi connectivity index (χ4n) is 1.88. The van der Waals surface area contributed by atoms with E-state index in [-0.39, 0.29) is 5.38 Å². The SMILES string of the molecule is CC(C)Cc1ccc(-c2cnc(C(C)Cl)o2)cc1. The zero-order valence-corrected chi connectivity index (χ0v) is 11.7. The standard InChI is InChI=1S/C15H18ClNO/c1-10(2)8-12-4-6-13(7-5-12)14-9-17-15(18-14)11(3)16/h4-7,9-11H,8H2,1-3H3. The minimum Gasteiger partial charge on any atom is -0.439 e. The Balaban J connectivity index is 2.17. The Labute approximate surface area is 113 Å². The lowest BCUT2D eigenvalue weighted by Gasteiger charge is -2.05. The topological polar surface area (TPSA) is 26.0 Å². The lowest BCUT2D eigenvalue weighted by atomic mass is 10.0. The minimum atomic E-state index is -0.195. The largest absolute Gasteiger partial charge is 0.439 e. The molecule has 0 saturated heterocycles. The van der Waals surface area contributed by atoms with E-state index in [2.05, 4.69) is 43.1 Å². The van der Waals surface area contributed by atoms with E-state index in [1.807, 2.05) is 6.92 Å². The molecule has 0 aliphatic heterocycles. The molecule has 0 radical (unpaired) electrons. The number of aromatic nitrogens is 1. The maximum atomic E-state index is 5.93. The average molecular weight is 264 g/mol. The first-order valence-corrected chi connectivity index (χ1v) is 6.69. The Hall–Kier alpha value is -1.28. The molecule has 0 fully saturated rings. The number of hydrogen-bond acceptors (Lipinski definition) is 2. The van der Waals surface area contributed by atoms with Crippen molar-refractivity contribution in [1.82, 2.24) is 4.98 Å². The lowest BCUT2D eigenvalue weighted by Crippen LogP contribution is -1.93. The van der Waals surface area contributed by atoms with Crippen LogP contribution in [0.1, 0.15) is 37.6 Å². The number of oxazole rings is 1. The molecule has 0 bridgehead atoms. The van der Waals surface area contributed by atoms with Gasteiger partial charge in [-0.3, -0.25) is 0 Å². The van der Waals surface area contributed by atoms with Gasteiger partial charge in [0.2, 0.25) is 5.89 Å². The predicted octanol–water partition coefficient (Wildman–Crippen LogP) is 4.84. The van der Waals surface area contributed by atoms with E-state index >= 15 is 0 Å². The Morgan fingerprint density at radius 1 is 1.17 bits per heavy atom. The highest BCUT2D eigenvalue weighted by Crippen LogP contribution is 2.26. The number of hydrogen-bond donors (Lipinski definition) is 0. The van der Waals surface area contributed by atoms with Gasteiger partial charge in [-0.2, -0.15) is 0 Å². The predicted molar refractivity (Wildman–Crippen MR) is 74.7 cm³/mol. The van der Waals surface area contributed by atoms with Gasteiger partial charge >= 0.3 is 0 Å². The molecule has 1 unspecified atom stereocenters. The molecule has 0 amide bonds. The van der Waals surface area contributed by atoms with Crippen molar-refractivity contribution < 1.29 is 4.42 Å². The Bertz CT molecular complexity index is 499. The highest BCUT2D eigenvalue weighted by molar-refractivity contribution is 6.20. The molecule has 2 aromatic rings. The fraction of sp³-hybridized carbons (Fsp3) is 0.400. The molecule has 0 aliphatic rings. The first kappa shape index (κ1) is 13.2. The maximum Gasteiger partial charge on any atom is 0.212 e. The monoisotopic (exact) mass is 263 g/mol. The normalized spacial score (nSPS) is 12.9. The van der Waals surface area contributed by atoms with Crippen LogP contribution in [-0.4, -0.2) is 4.98 Å². The van der Waals surface area contributed by atoms with Gasteiger partial charge in [-0.25, -0.2) is 4.98 Å². The van der Waals surface area contributed by atoms with Crippen LogP contribution in [0.4, 0.5) is 0 Å². The van der Waals surface area contributed by atoms with Gasteiger partial charge in [-0.15, -0.1) is 11.6 Å². The van der Waals surface area contributed by atoms with Crippen LogP contribution in [0.5, 0.6) is 0 Å². The highest BCUT2D eigenvalue weighted by Gasteiger charge is 2.10. The summed E-state index contributed by atoms with van der Waals surface area (Å²) in [6, 6.07) is 8.42. The third kappa shape index (κ3) is 3.14. The zero-order chi connectivity index (χ0) is 13.1. The molecule has 1 aromatic heterocycles. The number of alkyl halides is 1. The minimum absolute atomic E-state index is 0.195. The van der Waals surface area contributed by atoms with Crippen LogP contribution in [0.3, 0.4) is 0 Å². The number of nitrogens with zero attached hydrogens (tertiary/aromatic N) is 1. The first-order valence-electron chi connectivity index (χ1n) is 6.25. The van der Waals surface area contributed by atoms with Crippen LogP contribution < -0.4 is 0 Å². The van der Waals surface area contributed by atoms with Crippen molar-refractivity contribution in [2.45, 2.75) is 32.6 Å². The van der Waals surface area contributed by atoms with Gasteiger partial charge in [0.05, 0.1) is 6.20 Å². The smallest absolute Gasteiger partial charge is 0.212 e. The van der Waals surface area contributed by atoms with Crippen LogP contribution in [0, 0.1) is 5.92 Å². The summed E-state index contributed by atoms with van der Waals surface area (Å²) in [4.78, 5) is 4.16. The van der Waals surface area contributed by atoms with Crippen molar-refractivity contribution in [3.63, 3.8) is 0 Å². The van der Waals surface area contributed by atoms with Crippen molar-refractivity contribution in [3.8, 4) is 11.3 Å². The van der Waals surface area contributed by atoms with E-state index < -0.39 is 0 Å². The Morgan fingerprint density at radius 2 is 1.83 bits per heavy atom. The van der Waals surface area contributed by atoms with Gasteiger partial charge in [0.1, 0.15) is 5.38 Å². The molecular formula is C15H18ClNO. The maximum absolute atomic E-state index is 5.93. The Morgan fingerprint density at radius 3 is 2.33 bits per heavy atom. The first-order chi connectivity index (χ1) is 8.56. The van der Waals surface area contributed by atoms with E-state index in [9.17, 15) is 0 Å². The third-order valence-electron chi connectivity index (χ3n) is 2.75. The van der Waals surface area contributed by atoms with Crippen LogP contribution in [0.25, 0.3) is 11.3 Å². The summed E-state index contributed by atoms with van der Waals surface area (Å²) in [6.07, 6.45) is 2.83. The van der Waals surface area contributed by atoms with E-state index in [1.54, 1.807) is 6.20 Å². The highest BCUT2D eigenvalue weighted by atomic mass is 35.5. The van der Waals surface area contributed by atoms with Gasteiger partial charge in [0.15, 0.2) is 5.76 Å². The second-order valence-electron chi connectivity index (χ2n) is 4.97. The summed E-state index contributed by atoms with van der Waals surface area (Å²) in [6.45, 7) is 6.29. The van der Waals surface area contributed by atoms with Crippen LogP contribution >= 0.6 is 11.6 Å². The van der Waals surface area contributed by atoms with Gasteiger partial charge in [0.25, 0.3) is 0 Å². The van der Waals surface area contributed by atoms with Gasteiger partial charge in [-0.05, 0) is 24.8 Å². The van der Waals surface area contributed by atoms with Crippen molar-refractivity contribution in [2.75, 3.05) is 0 Å². The van der Waals surface area contributed by atoms with Crippen LogP contribution in [0.2, 0.25) is 0 Å². The molecule has 2 nitrogen and oxygen atoms in total. The van der Waals surface area contributed by atoms with Crippen molar-refractivity contribution >= 4 is 11.6 Å². The second kappa shape index (κ2) is 5.57. The summed E-state index contributed by atoms with van der Waals surface area (Å²) in [7, 11) is 0. The molecule has 96 valence electrons. The summed E-state index contributed by atoms with van der Waals surface area (Å²) in [5, 5.41) is -0.195. The molecule has 2 rings (SSSR count). The summed E-state index contributed by atoms with van der Waals surface area (Å²) in [5.74, 6) is 2.01. The number of benzene rings is 1. The lowest BCUT2D eigenvalue weighted by molar-refractivity contribution is 0.508. The molecule has 0 saturated carbocycles. The summed E-state index contributed by atoms with van der Waals surface area (Å²) >= 11 is 5.93. The number of rotatable bonds is 4. The van der Waals surface area contributed by atoms with Gasteiger partial charge < -0.3 is 4.42 Å². The molecule has 0 N–H and O–H groups in total. The molecule has 1 heterocycles. The summed E-state index contributed by atoms with van der Waals surface area (Å²) < 4.78 is 5.61. The fourth-order valence-corrected chi connectivity index (χ4v) is 1.98. The molecule has 0 aliphatic carbocycles. The zero-order valence-electron chi connectivity index (χ0n) is 11.0. The second-order valence-corrected chi connectivity index (χ2v) is 5.63. The number of halogens is 1. The molecule has 1 atom stereocenters. The van der Waals surface area contributed by atoms with Crippen molar-refractivity contribution in [2.24, 2.45) is 5.92 Å². The van der Waals surface area contributed by atoms with Crippen molar-refractivity contribution in [3.05, 3.63) is 41.9 Å².